The van der Waals surface area contributed by atoms with Crippen molar-refractivity contribution in [3.63, 3.8) is 0 Å². The number of anilines is 4. The van der Waals surface area contributed by atoms with Gasteiger partial charge in [-0.25, -0.2) is 19.9 Å². The Morgan fingerprint density at radius 2 is 1.29 bits per heavy atom. The molecule has 0 atom stereocenters. The number of nitrogens with one attached hydrogen (secondary N) is 2. The van der Waals surface area contributed by atoms with Crippen LogP contribution in [-0.2, 0) is 13.5 Å². The number of aromatic nitrogens is 5. The van der Waals surface area contributed by atoms with Crippen molar-refractivity contribution in [2.24, 2.45) is 13.0 Å². The van der Waals surface area contributed by atoms with Gasteiger partial charge in [-0.05, 0) is 60.9 Å². The highest BCUT2D eigenvalue weighted by Crippen LogP contribution is 2.28. The van der Waals surface area contributed by atoms with Gasteiger partial charge in [0.15, 0.2) is 0 Å². The third kappa shape index (κ3) is 6.04. The van der Waals surface area contributed by atoms with Crippen molar-refractivity contribution in [3.05, 3.63) is 73.1 Å². The molecule has 212 valence electrons. The van der Waals surface area contributed by atoms with Crippen molar-refractivity contribution in [1.82, 2.24) is 24.5 Å². The van der Waals surface area contributed by atoms with Gasteiger partial charge < -0.3 is 25.0 Å². The monoisotopic (exact) mass is 549 g/mol. The maximum atomic E-state index is 4.59. The second kappa shape index (κ2) is 12.0. The Kier molecular flexibility index (Phi) is 7.84. The van der Waals surface area contributed by atoms with E-state index in [1.165, 1.54) is 17.1 Å². The van der Waals surface area contributed by atoms with Crippen molar-refractivity contribution >= 4 is 44.8 Å². The average molecular weight is 550 g/mol. The first-order valence-corrected chi connectivity index (χ1v) is 14.6. The second-order valence-corrected chi connectivity index (χ2v) is 11.2. The summed E-state index contributed by atoms with van der Waals surface area (Å²) in [5.74, 6) is 2.47. The number of hydrogen-bond donors (Lipinski definition) is 2. The van der Waals surface area contributed by atoms with E-state index in [2.05, 4.69) is 121 Å². The van der Waals surface area contributed by atoms with Gasteiger partial charge >= 0.3 is 0 Å². The molecule has 1 aliphatic rings. The van der Waals surface area contributed by atoms with Crippen LogP contribution in [0, 0.1) is 5.92 Å². The molecule has 4 heterocycles. The third-order valence-electron chi connectivity index (χ3n) is 7.99. The lowest BCUT2D eigenvalue weighted by Crippen LogP contribution is -2.46. The lowest BCUT2D eigenvalue weighted by Gasteiger charge is -2.37. The average Bonchev–Trinajstić information content (AvgIpc) is 3.41. The summed E-state index contributed by atoms with van der Waals surface area (Å²) in [7, 11) is 2.08. The van der Waals surface area contributed by atoms with Crippen LogP contribution in [0.2, 0.25) is 0 Å². The topological polar surface area (TPSA) is 87.0 Å². The lowest BCUT2D eigenvalue weighted by molar-refractivity contribution is 0.607. The van der Waals surface area contributed by atoms with Crippen molar-refractivity contribution in [2.45, 2.75) is 26.7 Å². The number of piperazine rings is 1. The highest BCUT2D eigenvalue weighted by molar-refractivity contribution is 5.92. The van der Waals surface area contributed by atoms with Gasteiger partial charge in [-0.15, -0.1) is 0 Å². The van der Waals surface area contributed by atoms with Crippen molar-refractivity contribution in [1.29, 1.82) is 0 Å². The zero-order valence-electron chi connectivity index (χ0n) is 24.2. The number of aryl methyl sites for hydroxylation is 1. The van der Waals surface area contributed by atoms with Gasteiger partial charge in [0, 0.05) is 86.8 Å². The minimum absolute atomic E-state index is 0.660. The largest absolute Gasteiger partial charge is 0.369 e. The number of benzene rings is 2. The second-order valence-electron chi connectivity index (χ2n) is 11.2. The van der Waals surface area contributed by atoms with Crippen LogP contribution in [0.1, 0.15) is 26.0 Å². The fourth-order valence-electron chi connectivity index (χ4n) is 5.53. The summed E-state index contributed by atoms with van der Waals surface area (Å²) in [6.45, 7) is 10.0. The van der Waals surface area contributed by atoms with Gasteiger partial charge in [-0.3, -0.25) is 0 Å². The molecule has 6 rings (SSSR count). The Bertz CT molecular complexity index is 1620. The Morgan fingerprint density at radius 3 is 1.80 bits per heavy atom. The SMILES string of the molecule is CC(C)CCNc1ncnc2cc(N3CCN(c4ccc5c(NCCc6cccn6C)ncnc5c4)CC3)ccc12. The molecule has 0 saturated carbocycles. The zero-order valence-corrected chi connectivity index (χ0v) is 24.2. The summed E-state index contributed by atoms with van der Waals surface area (Å²) in [5.41, 5.74) is 5.66. The van der Waals surface area contributed by atoms with Crippen molar-refractivity contribution in [3.8, 4) is 0 Å². The van der Waals surface area contributed by atoms with E-state index in [1.807, 2.05) is 0 Å². The Labute approximate surface area is 241 Å². The predicted octanol–water partition coefficient (Wildman–Crippen LogP) is 5.35. The van der Waals surface area contributed by atoms with E-state index in [4.69, 9.17) is 0 Å². The van der Waals surface area contributed by atoms with Crippen LogP contribution < -0.4 is 20.4 Å². The van der Waals surface area contributed by atoms with Gasteiger partial charge in [0.05, 0.1) is 11.0 Å². The predicted molar refractivity (Wildman–Crippen MR) is 169 cm³/mol. The number of rotatable bonds is 10. The molecule has 0 bridgehead atoms. The summed E-state index contributed by atoms with van der Waals surface area (Å²) in [5, 5.41) is 9.13. The fraction of sp³-hybridized carbons (Fsp3) is 0.375. The molecule has 0 unspecified atom stereocenters. The highest BCUT2D eigenvalue weighted by atomic mass is 15.3. The van der Waals surface area contributed by atoms with Gasteiger partial charge in [0.1, 0.15) is 24.3 Å². The van der Waals surface area contributed by atoms with Crippen LogP contribution in [0.25, 0.3) is 21.8 Å². The van der Waals surface area contributed by atoms with Gasteiger partial charge in [0.2, 0.25) is 0 Å². The summed E-state index contributed by atoms with van der Waals surface area (Å²) >= 11 is 0. The first-order chi connectivity index (χ1) is 20.0. The number of fused-ring (bicyclic) bond motifs is 2. The van der Waals surface area contributed by atoms with Gasteiger partial charge in [-0.2, -0.15) is 0 Å². The van der Waals surface area contributed by atoms with Crippen LogP contribution >= 0.6 is 0 Å². The first-order valence-electron chi connectivity index (χ1n) is 14.6. The molecule has 3 aromatic heterocycles. The Morgan fingerprint density at radius 1 is 0.732 bits per heavy atom. The van der Waals surface area contributed by atoms with Crippen LogP contribution in [-0.4, -0.2) is 63.8 Å². The van der Waals surface area contributed by atoms with Gasteiger partial charge in [-0.1, -0.05) is 13.8 Å². The van der Waals surface area contributed by atoms with E-state index in [9.17, 15) is 0 Å². The molecule has 5 aromatic rings. The van der Waals surface area contributed by atoms with E-state index in [0.717, 1.165) is 85.6 Å². The highest BCUT2D eigenvalue weighted by Gasteiger charge is 2.19. The normalized spacial score (nSPS) is 13.9. The van der Waals surface area contributed by atoms with Crippen LogP contribution in [0.5, 0.6) is 0 Å². The molecule has 2 aromatic carbocycles. The lowest BCUT2D eigenvalue weighted by atomic mass is 10.1. The molecule has 0 radical (unpaired) electrons. The summed E-state index contributed by atoms with van der Waals surface area (Å²) < 4.78 is 2.16. The van der Waals surface area contributed by atoms with Crippen LogP contribution in [0.3, 0.4) is 0 Å². The molecule has 2 N–H and O–H groups in total. The molecule has 0 spiro atoms. The van der Waals surface area contributed by atoms with Gasteiger partial charge in [0.25, 0.3) is 0 Å². The molecular formula is C32H39N9. The first kappa shape index (κ1) is 26.8. The molecule has 41 heavy (non-hydrogen) atoms. The maximum absolute atomic E-state index is 4.59. The van der Waals surface area contributed by atoms with Crippen molar-refractivity contribution in [2.75, 3.05) is 59.7 Å². The molecule has 9 nitrogen and oxygen atoms in total. The maximum Gasteiger partial charge on any atom is 0.137 e. The Balaban J connectivity index is 1.09. The standard InChI is InChI=1S/C32H39N9/c1-23(2)10-12-33-31-27-8-6-25(19-29(27)35-21-37-31)40-15-17-41(18-16-40)26-7-9-28-30(20-26)36-22-38-32(28)34-13-11-24-5-4-14-39(24)3/h4-9,14,19-23H,10-13,15-18H2,1-3H3,(H,33,35,37)(H,34,36,38). The molecule has 1 fully saturated rings. The summed E-state index contributed by atoms with van der Waals surface area (Å²) in [6, 6.07) is 17.3. The molecular weight excluding hydrogens is 510 g/mol. The summed E-state index contributed by atoms with van der Waals surface area (Å²) in [4.78, 5) is 23.1. The summed E-state index contributed by atoms with van der Waals surface area (Å²) in [6.07, 6.45) is 7.46. The van der Waals surface area contributed by atoms with Crippen LogP contribution in [0.15, 0.2) is 67.4 Å². The quantitative estimate of drug-likeness (QED) is 0.241. The smallest absolute Gasteiger partial charge is 0.137 e. The molecule has 0 amide bonds. The van der Waals surface area contributed by atoms with E-state index in [1.54, 1.807) is 12.7 Å². The molecule has 0 aliphatic carbocycles. The van der Waals surface area contributed by atoms with E-state index < -0.39 is 0 Å². The van der Waals surface area contributed by atoms with E-state index >= 15 is 0 Å². The minimum Gasteiger partial charge on any atom is -0.369 e. The molecule has 1 saturated heterocycles. The van der Waals surface area contributed by atoms with E-state index in [-0.39, 0.29) is 0 Å². The number of nitrogens with zero attached hydrogens (tertiary/aromatic N) is 7. The fourth-order valence-corrected chi connectivity index (χ4v) is 5.53. The molecule has 1 aliphatic heterocycles. The zero-order chi connectivity index (χ0) is 28.2. The third-order valence-corrected chi connectivity index (χ3v) is 7.99. The van der Waals surface area contributed by atoms with Crippen LogP contribution in [0.4, 0.5) is 23.0 Å². The van der Waals surface area contributed by atoms with Crippen molar-refractivity contribution < 1.29 is 0 Å². The van der Waals surface area contributed by atoms with E-state index in [0.29, 0.717) is 5.92 Å². The number of hydrogen-bond acceptors (Lipinski definition) is 8. The molecule has 9 heteroatoms. The minimum atomic E-state index is 0.660. The Hall–Kier alpha value is -4.40.